The van der Waals surface area contributed by atoms with Crippen LogP contribution in [-0.4, -0.2) is 23.8 Å². The van der Waals surface area contributed by atoms with Crippen LogP contribution < -0.4 is 0 Å². The van der Waals surface area contributed by atoms with Gasteiger partial charge >= 0.3 is 5.97 Å². The Kier molecular flexibility index (Phi) is 12.6. The van der Waals surface area contributed by atoms with Crippen molar-refractivity contribution in [3.63, 3.8) is 0 Å². The highest BCUT2D eigenvalue weighted by Crippen LogP contribution is 2.40. The van der Waals surface area contributed by atoms with E-state index >= 15 is 0 Å². The number of hydrogen-bond acceptors (Lipinski definition) is 3. The van der Waals surface area contributed by atoms with E-state index in [4.69, 9.17) is 4.74 Å². The molecule has 0 amide bonds. The molecule has 132 valence electrons. The summed E-state index contributed by atoms with van der Waals surface area (Å²) in [5.74, 6) is -0.406. The van der Waals surface area contributed by atoms with E-state index in [1.54, 1.807) is 0 Å². The molecular weight excluding hydrogens is 276 g/mol. The van der Waals surface area contributed by atoms with Crippen LogP contribution in [-0.2, 0) is 9.53 Å². The molecule has 0 saturated heterocycles. The molecule has 1 N–H and O–H groups in total. The molecule has 0 saturated carbocycles. The first-order valence-corrected chi connectivity index (χ1v) is 9.42. The van der Waals surface area contributed by atoms with Gasteiger partial charge in [-0.25, -0.2) is 4.79 Å². The molecule has 0 heterocycles. The van der Waals surface area contributed by atoms with Crippen molar-refractivity contribution in [1.29, 1.82) is 0 Å². The van der Waals surface area contributed by atoms with Crippen LogP contribution in [0.2, 0.25) is 0 Å². The normalized spacial score (nSPS) is 13.1. The maximum atomic E-state index is 12.3. The summed E-state index contributed by atoms with van der Waals surface area (Å²) in [4.78, 5) is 12.3. The molecule has 0 aromatic carbocycles. The average molecular weight is 315 g/mol. The van der Waals surface area contributed by atoms with E-state index in [1.807, 2.05) is 0 Å². The van der Waals surface area contributed by atoms with Gasteiger partial charge in [0.25, 0.3) is 0 Å². The van der Waals surface area contributed by atoms with Crippen LogP contribution in [0.15, 0.2) is 0 Å². The number of ether oxygens (including phenoxy) is 1. The Hall–Kier alpha value is -0.570. The predicted molar refractivity (Wildman–Crippen MR) is 92.9 cm³/mol. The third-order valence-electron chi connectivity index (χ3n) is 4.63. The van der Waals surface area contributed by atoms with Crippen LogP contribution in [0.4, 0.5) is 0 Å². The first-order chi connectivity index (χ1) is 10.6. The highest BCUT2D eigenvalue weighted by atomic mass is 16.5. The van der Waals surface area contributed by atoms with Crippen molar-refractivity contribution >= 4 is 5.97 Å². The van der Waals surface area contributed by atoms with Gasteiger partial charge in [-0.15, -0.1) is 0 Å². The number of aliphatic hydroxyl groups excluding tert-OH is 1. The molecule has 3 nitrogen and oxygen atoms in total. The zero-order valence-electron chi connectivity index (χ0n) is 15.3. The van der Waals surface area contributed by atoms with E-state index in [0.29, 0.717) is 6.61 Å². The molecular formula is C19H38O3. The summed E-state index contributed by atoms with van der Waals surface area (Å²) >= 11 is 0. The van der Waals surface area contributed by atoms with E-state index in [2.05, 4.69) is 27.7 Å². The molecule has 1 atom stereocenters. The summed E-state index contributed by atoms with van der Waals surface area (Å²) in [5, 5.41) is 10.7. The fourth-order valence-electron chi connectivity index (χ4n) is 3.02. The van der Waals surface area contributed by atoms with Crippen molar-refractivity contribution in [1.82, 2.24) is 0 Å². The van der Waals surface area contributed by atoms with Crippen LogP contribution in [0.25, 0.3) is 0 Å². The molecule has 1 unspecified atom stereocenters. The van der Waals surface area contributed by atoms with Gasteiger partial charge in [0.15, 0.2) is 6.10 Å². The summed E-state index contributed by atoms with van der Waals surface area (Å²) in [6.07, 6.45) is 10.1. The van der Waals surface area contributed by atoms with Crippen LogP contribution in [0, 0.1) is 5.41 Å². The summed E-state index contributed by atoms with van der Waals surface area (Å²) in [5.41, 5.74) is -0.286. The standard InChI is InChI=1S/C19H38O3/c1-5-9-13-19(14-10-6-2,15-11-7-3)17(20)18(21)22-16-12-8-4/h17,20H,5-16H2,1-4H3. The van der Waals surface area contributed by atoms with Gasteiger partial charge in [-0.3, -0.25) is 0 Å². The van der Waals surface area contributed by atoms with Gasteiger partial charge in [-0.2, -0.15) is 0 Å². The minimum atomic E-state index is -0.964. The quantitative estimate of drug-likeness (QED) is 0.352. The van der Waals surface area contributed by atoms with Gasteiger partial charge in [0.1, 0.15) is 0 Å². The van der Waals surface area contributed by atoms with E-state index in [9.17, 15) is 9.90 Å². The minimum absolute atomic E-state index is 0.286. The fourth-order valence-corrected chi connectivity index (χ4v) is 3.02. The molecule has 0 aromatic rings. The van der Waals surface area contributed by atoms with Crippen LogP contribution in [0.5, 0.6) is 0 Å². The molecule has 0 aromatic heterocycles. The molecule has 3 heteroatoms. The smallest absolute Gasteiger partial charge is 0.335 e. The van der Waals surface area contributed by atoms with Crippen molar-refractivity contribution in [3.05, 3.63) is 0 Å². The number of rotatable bonds is 14. The maximum Gasteiger partial charge on any atom is 0.335 e. The Morgan fingerprint density at radius 3 is 1.64 bits per heavy atom. The first-order valence-electron chi connectivity index (χ1n) is 9.42. The second kappa shape index (κ2) is 12.9. The average Bonchev–Trinajstić information content (AvgIpc) is 2.54. The number of aliphatic hydroxyl groups is 1. The molecule has 0 fully saturated rings. The van der Waals surface area contributed by atoms with Crippen LogP contribution in [0.1, 0.15) is 98.3 Å². The molecule has 0 spiro atoms. The molecule has 0 rings (SSSR count). The highest BCUT2D eigenvalue weighted by molar-refractivity contribution is 5.75. The minimum Gasteiger partial charge on any atom is -0.464 e. The topological polar surface area (TPSA) is 46.5 Å². The van der Waals surface area contributed by atoms with Gasteiger partial charge in [0, 0.05) is 5.41 Å². The van der Waals surface area contributed by atoms with Gasteiger partial charge in [-0.1, -0.05) is 72.6 Å². The summed E-state index contributed by atoms with van der Waals surface area (Å²) in [6.45, 7) is 8.99. The predicted octanol–water partition coefficient (Wildman–Crippen LogP) is 5.25. The zero-order valence-corrected chi connectivity index (χ0v) is 15.3. The Bertz CT molecular complexity index is 254. The monoisotopic (exact) mass is 314 g/mol. The van der Waals surface area contributed by atoms with Gasteiger partial charge in [-0.05, 0) is 25.7 Å². The Morgan fingerprint density at radius 1 is 0.864 bits per heavy atom. The highest BCUT2D eigenvalue weighted by Gasteiger charge is 2.41. The molecule has 0 aliphatic heterocycles. The SMILES string of the molecule is CCCCOC(=O)C(O)C(CCCC)(CCCC)CCCC. The number of hydrogen-bond donors (Lipinski definition) is 1. The molecule has 0 bridgehead atoms. The lowest BCUT2D eigenvalue weighted by Crippen LogP contribution is -2.42. The lowest BCUT2D eigenvalue weighted by Gasteiger charge is -2.37. The zero-order chi connectivity index (χ0) is 16.8. The molecule has 0 radical (unpaired) electrons. The summed E-state index contributed by atoms with van der Waals surface area (Å²) < 4.78 is 5.30. The second-order valence-corrected chi connectivity index (χ2v) is 6.60. The van der Waals surface area contributed by atoms with E-state index in [1.165, 1.54) is 0 Å². The van der Waals surface area contributed by atoms with E-state index in [0.717, 1.165) is 70.6 Å². The lowest BCUT2D eigenvalue weighted by atomic mass is 9.70. The van der Waals surface area contributed by atoms with Crippen molar-refractivity contribution in [3.8, 4) is 0 Å². The Morgan fingerprint density at radius 2 is 1.27 bits per heavy atom. The van der Waals surface area contributed by atoms with E-state index < -0.39 is 12.1 Å². The third kappa shape index (κ3) is 7.62. The molecule has 22 heavy (non-hydrogen) atoms. The summed E-state index contributed by atoms with van der Waals surface area (Å²) in [7, 11) is 0. The van der Waals surface area contributed by atoms with Gasteiger partial charge in [0.2, 0.25) is 0 Å². The molecule has 0 aliphatic carbocycles. The number of carbonyl (C=O) groups excluding carboxylic acids is 1. The first kappa shape index (κ1) is 21.4. The van der Waals surface area contributed by atoms with Crippen LogP contribution in [0.3, 0.4) is 0 Å². The second-order valence-electron chi connectivity index (χ2n) is 6.60. The largest absolute Gasteiger partial charge is 0.464 e. The number of esters is 1. The van der Waals surface area contributed by atoms with Crippen molar-refractivity contribution in [2.45, 2.75) is 104 Å². The fraction of sp³-hybridized carbons (Fsp3) is 0.947. The summed E-state index contributed by atoms with van der Waals surface area (Å²) in [6, 6.07) is 0. The van der Waals surface area contributed by atoms with Crippen molar-refractivity contribution in [2.24, 2.45) is 5.41 Å². The van der Waals surface area contributed by atoms with Gasteiger partial charge in [0.05, 0.1) is 6.61 Å². The lowest BCUT2D eigenvalue weighted by molar-refractivity contribution is -0.163. The van der Waals surface area contributed by atoms with Crippen molar-refractivity contribution < 1.29 is 14.6 Å². The van der Waals surface area contributed by atoms with Gasteiger partial charge < -0.3 is 9.84 Å². The number of unbranched alkanes of at least 4 members (excludes halogenated alkanes) is 4. The Labute approximate surface area is 137 Å². The molecule has 0 aliphatic rings. The number of carbonyl (C=O) groups is 1. The Balaban J connectivity index is 4.97. The van der Waals surface area contributed by atoms with Crippen molar-refractivity contribution in [2.75, 3.05) is 6.61 Å². The van der Waals surface area contributed by atoms with Crippen LogP contribution >= 0.6 is 0 Å². The maximum absolute atomic E-state index is 12.3. The third-order valence-corrected chi connectivity index (χ3v) is 4.63. The van der Waals surface area contributed by atoms with E-state index in [-0.39, 0.29) is 5.41 Å².